The van der Waals surface area contributed by atoms with Crippen molar-refractivity contribution in [2.24, 2.45) is 5.73 Å². The molecule has 1 saturated carbocycles. The molecule has 2 N–H and O–H groups in total. The Bertz CT molecular complexity index is 676. The molecule has 2 rings (SSSR count). The van der Waals surface area contributed by atoms with Crippen LogP contribution in [0.25, 0.3) is 0 Å². The van der Waals surface area contributed by atoms with Crippen LogP contribution in [-0.2, 0) is 26.3 Å². The molecule has 0 radical (unpaired) electrons. The molecule has 0 atom stereocenters. The van der Waals surface area contributed by atoms with Crippen molar-refractivity contribution in [2.75, 3.05) is 7.11 Å². The van der Waals surface area contributed by atoms with Crippen molar-refractivity contribution >= 4 is 17.7 Å². The Morgan fingerprint density at radius 2 is 2.13 bits per heavy atom. The standard InChI is InChI=1S/C15H18N4O4/c1-23-13(21)8-12-11(14(17)22)9-19(18-12)15(6-7-16)4-2-10(20)3-5-15/h9H,2-6,8H2,1H3,(H2,17,22). The van der Waals surface area contributed by atoms with E-state index in [1.807, 2.05) is 0 Å². The third kappa shape index (κ3) is 3.39. The van der Waals surface area contributed by atoms with Crippen LogP contribution in [-0.4, -0.2) is 34.6 Å². The van der Waals surface area contributed by atoms with E-state index in [1.54, 1.807) is 0 Å². The molecule has 1 aromatic rings. The van der Waals surface area contributed by atoms with Gasteiger partial charge in [-0.15, -0.1) is 0 Å². The Morgan fingerprint density at radius 3 is 2.65 bits per heavy atom. The van der Waals surface area contributed by atoms with Gasteiger partial charge in [0.05, 0.1) is 42.8 Å². The normalized spacial score (nSPS) is 16.6. The van der Waals surface area contributed by atoms with Crippen LogP contribution in [0.5, 0.6) is 0 Å². The van der Waals surface area contributed by atoms with Gasteiger partial charge in [-0.2, -0.15) is 10.4 Å². The summed E-state index contributed by atoms with van der Waals surface area (Å²) < 4.78 is 6.12. The number of nitriles is 1. The lowest BCUT2D eigenvalue weighted by Crippen LogP contribution is -2.38. The van der Waals surface area contributed by atoms with Crippen LogP contribution in [0.2, 0.25) is 0 Å². The summed E-state index contributed by atoms with van der Waals surface area (Å²) in [5, 5.41) is 13.4. The molecule has 0 aromatic carbocycles. The Balaban J connectivity index is 2.42. The van der Waals surface area contributed by atoms with Gasteiger partial charge in [-0.05, 0) is 12.8 Å². The second-order valence-electron chi connectivity index (χ2n) is 5.65. The molecule has 0 bridgehead atoms. The highest BCUT2D eigenvalue weighted by molar-refractivity contribution is 5.94. The van der Waals surface area contributed by atoms with Gasteiger partial charge in [0.1, 0.15) is 5.78 Å². The van der Waals surface area contributed by atoms with Crippen molar-refractivity contribution in [3.05, 3.63) is 17.5 Å². The van der Waals surface area contributed by atoms with Crippen molar-refractivity contribution in [3.63, 3.8) is 0 Å². The van der Waals surface area contributed by atoms with Gasteiger partial charge in [-0.3, -0.25) is 19.1 Å². The SMILES string of the molecule is COC(=O)Cc1nn(C2(CC#N)CCC(=O)CC2)cc1C(N)=O. The first-order valence-corrected chi connectivity index (χ1v) is 7.26. The Kier molecular flexibility index (Phi) is 4.79. The van der Waals surface area contributed by atoms with Crippen molar-refractivity contribution in [3.8, 4) is 6.07 Å². The molecule has 23 heavy (non-hydrogen) atoms. The molecule has 1 heterocycles. The second-order valence-corrected chi connectivity index (χ2v) is 5.65. The van der Waals surface area contributed by atoms with Gasteiger partial charge >= 0.3 is 5.97 Å². The number of hydrogen-bond donors (Lipinski definition) is 1. The van der Waals surface area contributed by atoms with Crippen LogP contribution in [0, 0.1) is 11.3 Å². The van der Waals surface area contributed by atoms with Crippen LogP contribution in [0.1, 0.15) is 48.2 Å². The molecule has 1 aliphatic carbocycles. The van der Waals surface area contributed by atoms with E-state index in [0.717, 1.165) is 0 Å². The molecule has 0 spiro atoms. The van der Waals surface area contributed by atoms with E-state index in [9.17, 15) is 14.4 Å². The van der Waals surface area contributed by atoms with E-state index in [1.165, 1.54) is 18.0 Å². The molecule has 8 heteroatoms. The topological polar surface area (TPSA) is 128 Å². The minimum Gasteiger partial charge on any atom is -0.469 e. The van der Waals surface area contributed by atoms with Crippen molar-refractivity contribution in [2.45, 2.75) is 44.1 Å². The predicted molar refractivity (Wildman–Crippen MR) is 78.1 cm³/mol. The van der Waals surface area contributed by atoms with E-state index in [-0.39, 0.29) is 29.9 Å². The summed E-state index contributed by atoms with van der Waals surface area (Å²) in [6, 6.07) is 2.12. The minimum atomic E-state index is -0.700. The number of amides is 1. The molecule has 1 aliphatic rings. The molecule has 0 saturated heterocycles. The summed E-state index contributed by atoms with van der Waals surface area (Å²) >= 11 is 0. The summed E-state index contributed by atoms with van der Waals surface area (Å²) in [6.45, 7) is 0. The van der Waals surface area contributed by atoms with Gasteiger partial charge < -0.3 is 10.5 Å². The van der Waals surface area contributed by atoms with Crippen LogP contribution in [0.4, 0.5) is 0 Å². The van der Waals surface area contributed by atoms with Gasteiger partial charge in [0, 0.05) is 19.0 Å². The number of esters is 1. The molecule has 1 aromatic heterocycles. The monoisotopic (exact) mass is 318 g/mol. The van der Waals surface area contributed by atoms with Crippen molar-refractivity contribution in [1.29, 1.82) is 5.26 Å². The lowest BCUT2D eigenvalue weighted by molar-refractivity contribution is -0.139. The summed E-state index contributed by atoms with van der Waals surface area (Å²) in [5.74, 6) is -1.09. The van der Waals surface area contributed by atoms with E-state index < -0.39 is 17.4 Å². The number of ketones is 1. The fourth-order valence-electron chi connectivity index (χ4n) is 2.83. The number of rotatable bonds is 5. The second kappa shape index (κ2) is 6.60. The average Bonchev–Trinajstić information content (AvgIpc) is 2.94. The zero-order chi connectivity index (χ0) is 17.0. The maximum Gasteiger partial charge on any atom is 0.311 e. The van der Waals surface area contributed by atoms with Gasteiger partial charge in [0.2, 0.25) is 0 Å². The third-order valence-electron chi connectivity index (χ3n) is 4.23. The van der Waals surface area contributed by atoms with Crippen molar-refractivity contribution < 1.29 is 19.1 Å². The van der Waals surface area contributed by atoms with Crippen LogP contribution < -0.4 is 5.73 Å². The van der Waals surface area contributed by atoms with E-state index in [0.29, 0.717) is 25.7 Å². The number of ether oxygens (including phenoxy) is 1. The zero-order valence-corrected chi connectivity index (χ0v) is 12.9. The molecule has 1 fully saturated rings. The van der Waals surface area contributed by atoms with E-state index in [4.69, 9.17) is 11.0 Å². The Hall–Kier alpha value is -2.69. The first-order valence-electron chi connectivity index (χ1n) is 7.26. The molecule has 8 nitrogen and oxygen atoms in total. The Labute approximate surface area is 133 Å². The first-order chi connectivity index (χ1) is 10.9. The van der Waals surface area contributed by atoms with Gasteiger partial charge in [0.25, 0.3) is 5.91 Å². The first kappa shape index (κ1) is 16.7. The lowest BCUT2D eigenvalue weighted by Gasteiger charge is -2.35. The molecule has 0 unspecified atom stereocenters. The quantitative estimate of drug-likeness (QED) is 0.785. The van der Waals surface area contributed by atoms with E-state index in [2.05, 4.69) is 15.9 Å². The number of nitrogens with zero attached hydrogens (tertiary/aromatic N) is 3. The highest BCUT2D eigenvalue weighted by Gasteiger charge is 2.38. The largest absolute Gasteiger partial charge is 0.469 e. The number of hydrogen-bond acceptors (Lipinski definition) is 6. The van der Waals surface area contributed by atoms with Gasteiger partial charge in [-0.1, -0.05) is 0 Å². The summed E-state index contributed by atoms with van der Waals surface area (Å²) in [4.78, 5) is 34.6. The summed E-state index contributed by atoms with van der Waals surface area (Å²) in [7, 11) is 1.24. The fraction of sp³-hybridized carbons (Fsp3) is 0.533. The molecule has 0 aliphatic heterocycles. The number of carbonyl (C=O) groups is 3. The number of nitrogens with two attached hydrogens (primary N) is 1. The van der Waals surface area contributed by atoms with Gasteiger partial charge in [-0.25, -0.2) is 0 Å². The number of primary amides is 1. The zero-order valence-electron chi connectivity index (χ0n) is 12.9. The van der Waals surface area contributed by atoms with Crippen LogP contribution in [0.15, 0.2) is 6.20 Å². The third-order valence-corrected chi connectivity index (χ3v) is 4.23. The number of Topliss-reactive ketones (excluding diaryl/α,β-unsaturated/α-hetero) is 1. The molecular formula is C15H18N4O4. The maximum atomic E-state index is 11.6. The number of aromatic nitrogens is 2. The average molecular weight is 318 g/mol. The van der Waals surface area contributed by atoms with Crippen LogP contribution >= 0.6 is 0 Å². The highest BCUT2D eigenvalue weighted by Crippen LogP contribution is 2.36. The van der Waals surface area contributed by atoms with Crippen LogP contribution in [0.3, 0.4) is 0 Å². The maximum absolute atomic E-state index is 11.6. The molecule has 1 amide bonds. The highest BCUT2D eigenvalue weighted by atomic mass is 16.5. The number of carbonyl (C=O) groups excluding carboxylic acids is 3. The number of methoxy groups -OCH3 is 1. The smallest absolute Gasteiger partial charge is 0.311 e. The van der Waals surface area contributed by atoms with Crippen molar-refractivity contribution in [1.82, 2.24) is 9.78 Å². The molecular weight excluding hydrogens is 300 g/mol. The van der Waals surface area contributed by atoms with E-state index >= 15 is 0 Å². The summed E-state index contributed by atoms with van der Waals surface area (Å²) in [6.07, 6.45) is 3.11. The molecule has 122 valence electrons. The lowest BCUT2D eigenvalue weighted by atomic mass is 9.79. The predicted octanol–water partition coefficient (Wildman–Crippen LogP) is 0.450. The summed E-state index contributed by atoms with van der Waals surface area (Å²) in [5.41, 5.74) is 5.05. The fourth-order valence-corrected chi connectivity index (χ4v) is 2.83. The van der Waals surface area contributed by atoms with Gasteiger partial charge in [0.15, 0.2) is 0 Å². The Morgan fingerprint density at radius 1 is 1.48 bits per heavy atom. The minimum absolute atomic E-state index is 0.129.